The summed E-state index contributed by atoms with van der Waals surface area (Å²) in [6.45, 7) is 9.65. The van der Waals surface area contributed by atoms with Gasteiger partial charge in [-0.3, -0.25) is 19.2 Å². The molecular weight excluding hydrogens is 628 g/mol. The van der Waals surface area contributed by atoms with E-state index >= 15 is 0 Å². The van der Waals surface area contributed by atoms with E-state index in [-0.39, 0.29) is 19.3 Å². The number of carbonyl (C=O) groups is 4. The second kappa shape index (κ2) is 14.2. The molecule has 1 aliphatic rings. The molecule has 5 heterocycles. The van der Waals surface area contributed by atoms with Crippen molar-refractivity contribution in [3.8, 4) is 0 Å². The van der Waals surface area contributed by atoms with Gasteiger partial charge >= 0.3 is 23.9 Å². The molecule has 0 spiro atoms. The summed E-state index contributed by atoms with van der Waals surface area (Å²) >= 11 is 0. The molecule has 262 valence electrons. The zero-order chi connectivity index (χ0) is 35.7. The van der Waals surface area contributed by atoms with Crippen LogP contribution in [-0.2, 0) is 70.5 Å². The Hall–Kier alpha value is -5.00. The number of carboxylic acid groups (broad SMARTS) is 4. The summed E-state index contributed by atoms with van der Waals surface area (Å²) in [6.07, 6.45) is 3.05. The Morgan fingerprint density at radius 1 is 0.490 bits per heavy atom. The van der Waals surface area contributed by atoms with Crippen molar-refractivity contribution in [1.82, 2.24) is 19.9 Å². The molecule has 1 atom stereocenters. The van der Waals surface area contributed by atoms with Gasteiger partial charge in [-0.05, 0) is 97.9 Å². The number of hydrogen-bond acceptors (Lipinski definition) is 4. The summed E-state index contributed by atoms with van der Waals surface area (Å²) in [5.41, 5.74) is 14.8. The Labute approximate surface area is 284 Å². The molecule has 0 amide bonds. The minimum Gasteiger partial charge on any atom is -0.481 e. The molecule has 1 unspecified atom stereocenters. The third kappa shape index (κ3) is 7.53. The zero-order valence-corrected chi connectivity index (χ0v) is 28.8. The van der Waals surface area contributed by atoms with Crippen molar-refractivity contribution in [2.45, 2.75) is 105 Å². The van der Waals surface area contributed by atoms with E-state index in [1.807, 2.05) is 27.7 Å². The lowest BCUT2D eigenvalue weighted by Gasteiger charge is -2.10. The van der Waals surface area contributed by atoms with Gasteiger partial charge in [-0.1, -0.05) is 6.92 Å². The van der Waals surface area contributed by atoms with Gasteiger partial charge in [0, 0.05) is 90.5 Å². The predicted octanol–water partition coefficient (Wildman–Crippen LogP) is 5.22. The van der Waals surface area contributed by atoms with Crippen LogP contribution < -0.4 is 0 Å². The molecule has 4 aromatic heterocycles. The van der Waals surface area contributed by atoms with Gasteiger partial charge in [-0.2, -0.15) is 0 Å². The average Bonchev–Trinajstić information content (AvgIpc) is 3.68. The van der Waals surface area contributed by atoms with Gasteiger partial charge in [-0.25, -0.2) is 0 Å². The van der Waals surface area contributed by atoms with Crippen LogP contribution in [0.3, 0.4) is 0 Å². The largest absolute Gasteiger partial charge is 0.481 e. The summed E-state index contributed by atoms with van der Waals surface area (Å²) in [5, 5.41) is 38.5. The molecule has 0 saturated carbocycles. The molecule has 8 N–H and O–H groups in total. The number of H-pyrrole nitrogens is 4. The van der Waals surface area contributed by atoms with Crippen molar-refractivity contribution in [2.75, 3.05) is 0 Å². The predicted molar refractivity (Wildman–Crippen MR) is 182 cm³/mol. The molecule has 12 nitrogen and oxygen atoms in total. The van der Waals surface area contributed by atoms with Gasteiger partial charge in [0.05, 0.1) is 5.92 Å². The van der Waals surface area contributed by atoms with E-state index in [1.54, 1.807) is 6.92 Å². The van der Waals surface area contributed by atoms with E-state index < -0.39 is 29.8 Å². The van der Waals surface area contributed by atoms with E-state index in [0.717, 1.165) is 90.1 Å². The van der Waals surface area contributed by atoms with Crippen molar-refractivity contribution in [2.24, 2.45) is 5.92 Å². The number of fused-ring (bicyclic) bond motifs is 8. The Kier molecular flexibility index (Phi) is 10.3. The average molecular weight is 675 g/mol. The van der Waals surface area contributed by atoms with Crippen molar-refractivity contribution < 1.29 is 39.6 Å². The number of hydrogen-bond donors (Lipinski definition) is 8. The third-order valence-electron chi connectivity index (χ3n) is 10.4. The van der Waals surface area contributed by atoms with E-state index in [9.17, 15) is 39.6 Å². The number of rotatable bonds is 12. The first-order valence-electron chi connectivity index (χ1n) is 16.8. The fourth-order valence-electron chi connectivity index (χ4n) is 7.44. The second-order valence-electron chi connectivity index (χ2n) is 13.6. The molecule has 4 aromatic rings. The molecule has 8 bridgehead atoms. The van der Waals surface area contributed by atoms with E-state index in [2.05, 4.69) is 19.9 Å². The van der Waals surface area contributed by atoms with E-state index in [4.69, 9.17) is 0 Å². The highest BCUT2D eigenvalue weighted by Crippen LogP contribution is 2.33. The maximum Gasteiger partial charge on any atom is 0.306 e. The lowest BCUT2D eigenvalue weighted by Crippen LogP contribution is -2.13. The second-order valence-corrected chi connectivity index (χ2v) is 13.6. The van der Waals surface area contributed by atoms with Crippen molar-refractivity contribution in [1.29, 1.82) is 0 Å². The van der Waals surface area contributed by atoms with Crippen molar-refractivity contribution >= 4 is 23.9 Å². The lowest BCUT2D eigenvalue weighted by molar-refractivity contribution is -0.141. The molecule has 0 aliphatic carbocycles. The molecule has 12 heteroatoms. The fourth-order valence-corrected chi connectivity index (χ4v) is 7.44. The van der Waals surface area contributed by atoms with Crippen LogP contribution in [0.25, 0.3) is 0 Å². The number of aliphatic carboxylic acids is 4. The third-order valence-corrected chi connectivity index (χ3v) is 10.4. The highest BCUT2D eigenvalue weighted by molar-refractivity contribution is 5.70. The molecule has 0 saturated heterocycles. The number of aromatic nitrogens is 4. The first-order valence-corrected chi connectivity index (χ1v) is 16.8. The SMILES string of the molecule is Cc1c2[nH]c(c1CCC(=O)O)Cc1[nH]c(c(CC(C)C(=O)O)c1C)Cc1[nH]c(c(CCC(=O)O)c1C)Cc1[nH]c(c(C)c1CCC(=O)O)C2. The monoisotopic (exact) mass is 674 g/mol. The van der Waals surface area contributed by atoms with Gasteiger partial charge < -0.3 is 40.4 Å². The van der Waals surface area contributed by atoms with Gasteiger partial charge in [-0.15, -0.1) is 0 Å². The van der Waals surface area contributed by atoms with Crippen molar-refractivity contribution in [3.63, 3.8) is 0 Å². The molecule has 5 rings (SSSR count). The normalized spacial score (nSPS) is 13.4. The summed E-state index contributed by atoms with van der Waals surface area (Å²) < 4.78 is 0. The highest BCUT2D eigenvalue weighted by atomic mass is 16.4. The first-order chi connectivity index (χ1) is 23.1. The summed E-state index contributed by atoms with van der Waals surface area (Å²) in [6, 6.07) is 0. The van der Waals surface area contributed by atoms with Crippen LogP contribution >= 0.6 is 0 Å². The van der Waals surface area contributed by atoms with Crippen molar-refractivity contribution in [3.05, 3.63) is 90.1 Å². The smallest absolute Gasteiger partial charge is 0.306 e. The number of nitrogens with one attached hydrogen (secondary N) is 4. The van der Waals surface area contributed by atoms with Crippen LogP contribution in [0.2, 0.25) is 0 Å². The van der Waals surface area contributed by atoms with Crippen LogP contribution in [0.1, 0.15) is 116 Å². The maximum absolute atomic E-state index is 12.0. The summed E-state index contributed by atoms with van der Waals surface area (Å²) in [5.74, 6) is -4.19. The molecule has 49 heavy (non-hydrogen) atoms. The number of carboxylic acids is 4. The van der Waals surface area contributed by atoms with Gasteiger partial charge in [0.1, 0.15) is 0 Å². The van der Waals surface area contributed by atoms with Gasteiger partial charge in [0.2, 0.25) is 0 Å². The first kappa shape index (κ1) is 35.3. The highest BCUT2D eigenvalue weighted by Gasteiger charge is 2.26. The topological polar surface area (TPSA) is 212 Å². The van der Waals surface area contributed by atoms with Gasteiger partial charge in [0.15, 0.2) is 0 Å². The lowest BCUT2D eigenvalue weighted by atomic mass is 9.94. The molecule has 0 aromatic carbocycles. The Morgan fingerprint density at radius 3 is 1.06 bits per heavy atom. The van der Waals surface area contributed by atoms with Crippen LogP contribution in [0.5, 0.6) is 0 Å². The van der Waals surface area contributed by atoms with E-state index in [1.165, 1.54) is 0 Å². The van der Waals surface area contributed by atoms with Crippen LogP contribution in [0, 0.1) is 33.6 Å². The molecule has 0 fully saturated rings. The summed E-state index contributed by atoms with van der Waals surface area (Å²) in [4.78, 5) is 61.4. The van der Waals surface area contributed by atoms with Gasteiger partial charge in [0.25, 0.3) is 0 Å². The Balaban J connectivity index is 1.73. The minimum atomic E-state index is -0.899. The Morgan fingerprint density at radius 2 is 0.755 bits per heavy atom. The molecule has 1 aliphatic heterocycles. The van der Waals surface area contributed by atoms with E-state index in [0.29, 0.717) is 51.4 Å². The Bertz CT molecular complexity index is 1930. The fraction of sp³-hybridized carbons (Fsp3) is 0.459. The van der Waals surface area contributed by atoms with Crippen LogP contribution in [0.15, 0.2) is 0 Å². The minimum absolute atomic E-state index is 0.0229. The maximum atomic E-state index is 12.0. The molecular formula is C37H46N4O8. The summed E-state index contributed by atoms with van der Waals surface area (Å²) in [7, 11) is 0. The zero-order valence-electron chi connectivity index (χ0n) is 28.8. The quantitative estimate of drug-likeness (QED) is 0.0876. The van der Waals surface area contributed by atoms with Crippen LogP contribution in [0.4, 0.5) is 0 Å². The standard InChI is InChI=1S/C37H46N4O8/c1-17(37(48)49)12-25-21(5)29-14-30-22(6-9-34(42)43)18(2)26(38-30)13-27-19(3)23(7-10-35(44)45)31(39-27)16-32-24(8-11-36(46)47)20(4)28(40-32)15-33(25)41-29/h17,38-41H,6-16H2,1-5H3,(H,42,43)(H,44,45)(H,46,47)(H,48,49). The van der Waals surface area contributed by atoms with Crippen LogP contribution in [-0.4, -0.2) is 64.2 Å². The number of aromatic amines is 4. The molecule has 0 radical (unpaired) electrons.